The number of halogens is 1. The molecule has 3 nitrogen and oxygen atoms in total. The van der Waals surface area contributed by atoms with Gasteiger partial charge in [0.05, 0.1) is 16.2 Å². The third-order valence-electron chi connectivity index (χ3n) is 4.52. The van der Waals surface area contributed by atoms with Crippen molar-refractivity contribution in [3.63, 3.8) is 0 Å². The first kappa shape index (κ1) is 20.7. The number of carbonyl (C=O) groups is 2. The summed E-state index contributed by atoms with van der Waals surface area (Å²) in [7, 11) is 0. The highest BCUT2D eigenvalue weighted by molar-refractivity contribution is 8.04. The number of thioether (sulfide) groups is 1. The summed E-state index contributed by atoms with van der Waals surface area (Å²) in [6, 6.07) is 14.7. The maximum absolute atomic E-state index is 13.3. The van der Waals surface area contributed by atoms with Crippen molar-refractivity contribution >= 4 is 46.4 Å². The molecule has 0 saturated heterocycles. The first-order valence-corrected chi connectivity index (χ1v) is 10.5. The molecule has 0 atom stereocenters. The van der Waals surface area contributed by atoms with Crippen LogP contribution < -0.4 is 4.90 Å². The van der Waals surface area contributed by atoms with E-state index in [1.165, 1.54) is 16.7 Å². The van der Waals surface area contributed by atoms with Crippen molar-refractivity contribution in [2.24, 2.45) is 0 Å². The zero-order valence-electron chi connectivity index (χ0n) is 16.7. The molecule has 3 rings (SSSR count). The van der Waals surface area contributed by atoms with Crippen LogP contribution in [0.1, 0.15) is 45.7 Å². The predicted octanol–water partition coefficient (Wildman–Crippen LogP) is 6.06. The van der Waals surface area contributed by atoms with Crippen LogP contribution in [-0.4, -0.2) is 17.1 Å². The molecule has 2 aromatic rings. The van der Waals surface area contributed by atoms with Crippen LogP contribution in [0.4, 0.5) is 5.69 Å². The van der Waals surface area contributed by atoms with Gasteiger partial charge in [-0.2, -0.15) is 0 Å². The molecule has 1 aliphatic rings. The van der Waals surface area contributed by atoms with Crippen LogP contribution >= 0.6 is 23.4 Å². The Morgan fingerprint density at radius 3 is 1.96 bits per heavy atom. The summed E-state index contributed by atoms with van der Waals surface area (Å²) in [5.74, 6) is -0.559. The summed E-state index contributed by atoms with van der Waals surface area (Å²) >= 11 is 7.42. The van der Waals surface area contributed by atoms with Crippen LogP contribution in [-0.2, 0) is 15.0 Å². The fourth-order valence-electron chi connectivity index (χ4n) is 3.07. The summed E-state index contributed by atoms with van der Waals surface area (Å²) in [6.07, 6.45) is 0. The van der Waals surface area contributed by atoms with Crippen molar-refractivity contribution in [2.45, 2.75) is 45.3 Å². The molecule has 5 heteroatoms. The van der Waals surface area contributed by atoms with E-state index in [0.717, 1.165) is 5.56 Å². The zero-order chi connectivity index (χ0) is 20.6. The summed E-state index contributed by atoms with van der Waals surface area (Å²) < 4.78 is 0. The van der Waals surface area contributed by atoms with Crippen molar-refractivity contribution in [3.8, 4) is 0 Å². The minimum Gasteiger partial charge on any atom is -0.268 e. The first-order valence-electron chi connectivity index (χ1n) is 9.26. The largest absolute Gasteiger partial charge is 0.272 e. The van der Waals surface area contributed by atoms with Crippen LogP contribution in [0.2, 0.25) is 5.02 Å². The Morgan fingerprint density at radius 1 is 0.893 bits per heavy atom. The summed E-state index contributed by atoms with van der Waals surface area (Å²) in [6.45, 7) is 10.4. The molecule has 1 heterocycles. The van der Waals surface area contributed by atoms with Crippen LogP contribution in [0.3, 0.4) is 0 Å². The van der Waals surface area contributed by atoms with E-state index in [9.17, 15) is 9.59 Å². The normalized spacial score (nSPS) is 15.2. The molecule has 0 radical (unpaired) electrons. The minimum absolute atomic E-state index is 0.00291. The number of rotatable bonds is 4. The lowest BCUT2D eigenvalue weighted by molar-refractivity contribution is -0.119. The molecule has 0 aromatic heterocycles. The molecule has 0 saturated carbocycles. The van der Waals surface area contributed by atoms with Gasteiger partial charge in [-0.3, -0.25) is 9.59 Å². The van der Waals surface area contributed by atoms with E-state index < -0.39 is 0 Å². The molecular formula is C23H24ClNO2S. The molecule has 1 aliphatic heterocycles. The number of hydrogen-bond acceptors (Lipinski definition) is 3. The Labute approximate surface area is 175 Å². The third-order valence-corrected chi connectivity index (χ3v) is 5.86. The molecule has 2 aromatic carbocycles. The third kappa shape index (κ3) is 4.03. The molecule has 0 fully saturated rings. The van der Waals surface area contributed by atoms with Crippen LogP contribution in [0.5, 0.6) is 0 Å². The van der Waals surface area contributed by atoms with E-state index in [1.54, 1.807) is 24.3 Å². The Bertz CT molecular complexity index is 938. The average Bonchev–Trinajstić information content (AvgIpc) is 2.85. The van der Waals surface area contributed by atoms with E-state index >= 15 is 0 Å². The molecule has 2 amide bonds. The Hall–Kier alpha value is -2.04. The molecule has 0 unspecified atom stereocenters. The molecule has 0 aliphatic carbocycles. The van der Waals surface area contributed by atoms with Crippen molar-refractivity contribution in [1.82, 2.24) is 0 Å². The smallest absolute Gasteiger partial charge is 0.268 e. The van der Waals surface area contributed by atoms with Crippen molar-refractivity contribution in [1.29, 1.82) is 0 Å². The summed E-state index contributed by atoms with van der Waals surface area (Å²) in [5.41, 5.74) is 2.90. The fourth-order valence-corrected chi connectivity index (χ4v) is 4.18. The number of carbonyl (C=O) groups excluding carboxylic acids is 2. The predicted molar refractivity (Wildman–Crippen MR) is 119 cm³/mol. The van der Waals surface area contributed by atoms with Gasteiger partial charge in [0.15, 0.2) is 0 Å². The Balaban J connectivity index is 2.04. The highest BCUT2D eigenvalue weighted by Crippen LogP contribution is 2.40. The number of benzene rings is 2. The number of anilines is 1. The average molecular weight is 414 g/mol. The van der Waals surface area contributed by atoms with Gasteiger partial charge in [-0.05, 0) is 40.8 Å². The SMILES string of the molecule is CC(C)SC1=C(c2ccc(Cl)cc2)C(=O)N(c2ccc(C(C)(C)C)cc2)C1=O. The maximum Gasteiger partial charge on any atom is 0.272 e. The van der Waals surface area contributed by atoms with Gasteiger partial charge in [0, 0.05) is 10.3 Å². The monoisotopic (exact) mass is 413 g/mol. The van der Waals surface area contributed by atoms with Crippen molar-refractivity contribution in [2.75, 3.05) is 4.90 Å². The minimum atomic E-state index is -0.293. The lowest BCUT2D eigenvalue weighted by Crippen LogP contribution is -2.31. The Kier molecular flexibility index (Phi) is 5.74. The second kappa shape index (κ2) is 7.76. The second-order valence-corrected chi connectivity index (χ2v) is 10.1. The van der Waals surface area contributed by atoms with Crippen LogP contribution in [0.25, 0.3) is 5.57 Å². The molecular weight excluding hydrogens is 390 g/mol. The van der Waals surface area contributed by atoms with Gasteiger partial charge in [0.25, 0.3) is 11.8 Å². The van der Waals surface area contributed by atoms with Gasteiger partial charge in [-0.15, -0.1) is 11.8 Å². The number of nitrogens with zero attached hydrogens (tertiary/aromatic N) is 1. The van der Waals surface area contributed by atoms with Gasteiger partial charge >= 0.3 is 0 Å². The van der Waals surface area contributed by atoms with Gasteiger partial charge < -0.3 is 0 Å². The number of hydrogen-bond donors (Lipinski definition) is 0. The van der Waals surface area contributed by atoms with Crippen molar-refractivity contribution < 1.29 is 9.59 Å². The lowest BCUT2D eigenvalue weighted by Gasteiger charge is -2.21. The highest BCUT2D eigenvalue weighted by Gasteiger charge is 2.40. The topological polar surface area (TPSA) is 37.4 Å². The molecule has 0 N–H and O–H groups in total. The quantitative estimate of drug-likeness (QED) is 0.571. The van der Waals surface area contributed by atoms with Crippen LogP contribution in [0.15, 0.2) is 53.4 Å². The van der Waals surface area contributed by atoms with Crippen LogP contribution in [0, 0.1) is 0 Å². The van der Waals surface area contributed by atoms with E-state index in [-0.39, 0.29) is 22.5 Å². The zero-order valence-corrected chi connectivity index (χ0v) is 18.3. The summed E-state index contributed by atoms with van der Waals surface area (Å²) in [5, 5.41) is 0.770. The first-order chi connectivity index (χ1) is 13.1. The molecule has 28 heavy (non-hydrogen) atoms. The van der Waals surface area contributed by atoms with Gasteiger partial charge in [0.1, 0.15) is 0 Å². The molecule has 0 bridgehead atoms. The molecule has 146 valence electrons. The highest BCUT2D eigenvalue weighted by atomic mass is 35.5. The summed E-state index contributed by atoms with van der Waals surface area (Å²) in [4.78, 5) is 28.2. The van der Waals surface area contributed by atoms with E-state index in [2.05, 4.69) is 20.8 Å². The fraction of sp³-hybridized carbons (Fsp3) is 0.304. The molecule has 0 spiro atoms. The van der Waals surface area contributed by atoms with E-state index in [4.69, 9.17) is 11.6 Å². The van der Waals surface area contributed by atoms with Crippen molar-refractivity contribution in [3.05, 3.63) is 69.6 Å². The standard InChI is InChI=1S/C23H24ClNO2S/c1-14(2)28-20-19(15-6-10-17(24)11-7-15)21(26)25(22(20)27)18-12-8-16(9-13-18)23(3,4)5/h6-14H,1-5H3. The van der Waals surface area contributed by atoms with E-state index in [0.29, 0.717) is 26.8 Å². The van der Waals surface area contributed by atoms with Gasteiger partial charge in [0.2, 0.25) is 0 Å². The second-order valence-electron chi connectivity index (χ2n) is 8.12. The maximum atomic E-state index is 13.3. The van der Waals surface area contributed by atoms with Gasteiger partial charge in [-0.25, -0.2) is 4.90 Å². The number of imide groups is 1. The lowest BCUT2D eigenvalue weighted by atomic mass is 9.87. The number of amides is 2. The van der Waals surface area contributed by atoms with E-state index in [1.807, 2.05) is 38.1 Å². The van der Waals surface area contributed by atoms with Gasteiger partial charge in [-0.1, -0.05) is 70.5 Å². The Morgan fingerprint density at radius 2 is 1.46 bits per heavy atom.